The third-order valence-corrected chi connectivity index (χ3v) is 4.73. The van der Waals surface area contributed by atoms with E-state index in [4.69, 9.17) is 9.47 Å². The predicted octanol–water partition coefficient (Wildman–Crippen LogP) is 3.14. The van der Waals surface area contributed by atoms with Gasteiger partial charge in [-0.1, -0.05) is 42.1 Å². The summed E-state index contributed by atoms with van der Waals surface area (Å²) in [5.74, 6) is 0.558. The van der Waals surface area contributed by atoms with E-state index in [2.05, 4.69) is 22.9 Å². The first-order valence-electron chi connectivity index (χ1n) is 6.07. The topological polar surface area (TPSA) is 18.5 Å². The Balaban J connectivity index is 1.94. The highest BCUT2D eigenvalue weighted by Crippen LogP contribution is 2.36. The van der Waals surface area contributed by atoms with Crippen LogP contribution in [0.25, 0.3) is 0 Å². The molecule has 1 heterocycles. The van der Waals surface area contributed by atoms with Crippen LogP contribution in [0.5, 0.6) is 0 Å². The lowest BCUT2D eigenvalue weighted by molar-refractivity contribution is -0.108. The van der Waals surface area contributed by atoms with Gasteiger partial charge in [-0.2, -0.15) is 0 Å². The normalized spacial score (nSPS) is 35.6. The van der Waals surface area contributed by atoms with Crippen molar-refractivity contribution >= 4 is 15.9 Å². The van der Waals surface area contributed by atoms with Crippen LogP contribution in [0.1, 0.15) is 39.0 Å². The zero-order chi connectivity index (χ0) is 10.7. The van der Waals surface area contributed by atoms with Crippen LogP contribution in [0, 0.1) is 5.92 Å². The van der Waals surface area contributed by atoms with Gasteiger partial charge in [-0.05, 0) is 12.8 Å². The van der Waals surface area contributed by atoms with Gasteiger partial charge in [0.15, 0.2) is 0 Å². The lowest BCUT2D eigenvalue weighted by Gasteiger charge is -2.38. The van der Waals surface area contributed by atoms with Crippen molar-refractivity contribution in [1.29, 1.82) is 0 Å². The molecule has 0 spiro atoms. The third kappa shape index (κ3) is 2.75. The molecule has 2 unspecified atom stereocenters. The van der Waals surface area contributed by atoms with Crippen LogP contribution in [-0.4, -0.2) is 30.2 Å². The first-order chi connectivity index (χ1) is 7.26. The molecule has 0 bridgehead atoms. The van der Waals surface area contributed by atoms with Gasteiger partial charge in [0.1, 0.15) is 0 Å². The highest BCUT2D eigenvalue weighted by molar-refractivity contribution is 9.09. The summed E-state index contributed by atoms with van der Waals surface area (Å²) in [6.45, 7) is 3.88. The van der Waals surface area contributed by atoms with E-state index in [0.717, 1.165) is 18.5 Å². The third-order valence-electron chi connectivity index (χ3n) is 3.71. The van der Waals surface area contributed by atoms with E-state index in [9.17, 15) is 0 Å². The standard InChI is InChI=1S/C12H21BrO2/c1-10-7-14-8-11(10)15-12(9-13)5-3-2-4-6-12/h10-11H,2-9H2,1H3. The summed E-state index contributed by atoms with van der Waals surface area (Å²) in [6.07, 6.45) is 6.74. The van der Waals surface area contributed by atoms with Gasteiger partial charge in [-0.15, -0.1) is 0 Å². The molecule has 2 rings (SSSR count). The maximum Gasteiger partial charge on any atom is 0.0863 e. The SMILES string of the molecule is CC1COCC1OC1(CBr)CCCCC1. The number of rotatable bonds is 3. The molecule has 3 heteroatoms. The van der Waals surface area contributed by atoms with Crippen LogP contribution in [0.15, 0.2) is 0 Å². The van der Waals surface area contributed by atoms with Gasteiger partial charge in [0.2, 0.25) is 0 Å². The number of hydrogen-bond donors (Lipinski definition) is 0. The largest absolute Gasteiger partial charge is 0.378 e. The van der Waals surface area contributed by atoms with Crippen LogP contribution in [0.3, 0.4) is 0 Å². The van der Waals surface area contributed by atoms with Crippen LogP contribution in [-0.2, 0) is 9.47 Å². The highest BCUT2D eigenvalue weighted by Gasteiger charge is 2.37. The van der Waals surface area contributed by atoms with Crippen molar-refractivity contribution in [2.24, 2.45) is 5.92 Å². The molecule has 1 aliphatic heterocycles. The Hall–Kier alpha value is 0.400. The lowest BCUT2D eigenvalue weighted by Crippen LogP contribution is -2.42. The zero-order valence-corrected chi connectivity index (χ0v) is 11.1. The molecule has 88 valence electrons. The Morgan fingerprint density at radius 1 is 1.27 bits per heavy atom. The predicted molar refractivity (Wildman–Crippen MR) is 64.5 cm³/mol. The smallest absolute Gasteiger partial charge is 0.0863 e. The molecule has 0 aromatic carbocycles. The molecule has 0 amide bonds. The van der Waals surface area contributed by atoms with Crippen molar-refractivity contribution in [2.45, 2.75) is 50.7 Å². The number of ether oxygens (including phenoxy) is 2. The van der Waals surface area contributed by atoms with Crippen LogP contribution >= 0.6 is 15.9 Å². The molecule has 1 aliphatic carbocycles. The minimum Gasteiger partial charge on any atom is -0.378 e. The van der Waals surface area contributed by atoms with E-state index in [0.29, 0.717) is 12.0 Å². The van der Waals surface area contributed by atoms with E-state index in [1.54, 1.807) is 0 Å². The van der Waals surface area contributed by atoms with Crippen molar-refractivity contribution in [3.05, 3.63) is 0 Å². The Labute approximate surface area is 101 Å². The Kier molecular flexibility index (Phi) is 4.08. The summed E-state index contributed by atoms with van der Waals surface area (Å²) in [7, 11) is 0. The molecule has 2 aliphatic rings. The minimum atomic E-state index is 0.102. The molecule has 1 saturated heterocycles. The fourth-order valence-electron chi connectivity index (χ4n) is 2.59. The van der Waals surface area contributed by atoms with Crippen LogP contribution < -0.4 is 0 Å². The van der Waals surface area contributed by atoms with Crippen LogP contribution in [0.2, 0.25) is 0 Å². The summed E-state index contributed by atoms with van der Waals surface area (Å²) in [4.78, 5) is 0. The number of alkyl halides is 1. The summed E-state index contributed by atoms with van der Waals surface area (Å²) < 4.78 is 11.8. The summed E-state index contributed by atoms with van der Waals surface area (Å²) >= 11 is 3.63. The molecular weight excluding hydrogens is 256 g/mol. The van der Waals surface area contributed by atoms with E-state index >= 15 is 0 Å². The second-order valence-corrected chi connectivity index (χ2v) is 5.61. The van der Waals surface area contributed by atoms with Gasteiger partial charge in [0.05, 0.1) is 24.9 Å². The summed E-state index contributed by atoms with van der Waals surface area (Å²) in [5, 5.41) is 0.975. The first-order valence-corrected chi connectivity index (χ1v) is 7.19. The fraction of sp³-hybridized carbons (Fsp3) is 1.00. The Morgan fingerprint density at radius 2 is 2.00 bits per heavy atom. The van der Waals surface area contributed by atoms with E-state index in [1.807, 2.05) is 0 Å². The first kappa shape index (κ1) is 11.9. The van der Waals surface area contributed by atoms with Gasteiger partial charge in [0, 0.05) is 11.2 Å². The quantitative estimate of drug-likeness (QED) is 0.738. The van der Waals surface area contributed by atoms with Crippen molar-refractivity contribution < 1.29 is 9.47 Å². The maximum atomic E-state index is 6.33. The number of hydrogen-bond acceptors (Lipinski definition) is 2. The van der Waals surface area contributed by atoms with Crippen molar-refractivity contribution in [3.8, 4) is 0 Å². The van der Waals surface area contributed by atoms with Crippen molar-refractivity contribution in [1.82, 2.24) is 0 Å². The number of halogens is 1. The molecule has 0 radical (unpaired) electrons. The molecule has 2 atom stereocenters. The molecule has 15 heavy (non-hydrogen) atoms. The summed E-state index contributed by atoms with van der Waals surface area (Å²) in [5.41, 5.74) is 0.102. The van der Waals surface area contributed by atoms with E-state index in [1.165, 1.54) is 32.1 Å². The highest BCUT2D eigenvalue weighted by atomic mass is 79.9. The van der Waals surface area contributed by atoms with Crippen molar-refractivity contribution in [2.75, 3.05) is 18.5 Å². The molecule has 2 nitrogen and oxygen atoms in total. The Bertz CT molecular complexity index is 202. The molecule has 0 N–H and O–H groups in total. The Morgan fingerprint density at radius 3 is 2.53 bits per heavy atom. The molecule has 0 aromatic rings. The van der Waals surface area contributed by atoms with Gasteiger partial charge in [-0.25, -0.2) is 0 Å². The van der Waals surface area contributed by atoms with Gasteiger partial charge in [0.25, 0.3) is 0 Å². The molecule has 0 aromatic heterocycles. The second-order valence-electron chi connectivity index (χ2n) is 5.05. The zero-order valence-electron chi connectivity index (χ0n) is 9.51. The molecule has 2 fully saturated rings. The lowest BCUT2D eigenvalue weighted by atomic mass is 9.86. The molecular formula is C12H21BrO2. The monoisotopic (exact) mass is 276 g/mol. The van der Waals surface area contributed by atoms with Gasteiger partial charge >= 0.3 is 0 Å². The van der Waals surface area contributed by atoms with Crippen molar-refractivity contribution in [3.63, 3.8) is 0 Å². The average molecular weight is 277 g/mol. The average Bonchev–Trinajstić information content (AvgIpc) is 2.66. The fourth-order valence-corrected chi connectivity index (χ4v) is 3.28. The summed E-state index contributed by atoms with van der Waals surface area (Å²) in [6, 6.07) is 0. The van der Waals surface area contributed by atoms with E-state index in [-0.39, 0.29) is 5.60 Å². The van der Waals surface area contributed by atoms with Gasteiger partial charge in [-0.3, -0.25) is 0 Å². The minimum absolute atomic E-state index is 0.102. The second kappa shape index (κ2) is 5.15. The van der Waals surface area contributed by atoms with E-state index < -0.39 is 0 Å². The molecule has 1 saturated carbocycles. The van der Waals surface area contributed by atoms with Crippen LogP contribution in [0.4, 0.5) is 0 Å². The maximum absolute atomic E-state index is 6.33. The van der Waals surface area contributed by atoms with Gasteiger partial charge < -0.3 is 9.47 Å².